The molecule has 96 valence electrons. The first kappa shape index (κ1) is 11.5. The molecule has 5 nitrogen and oxygen atoms in total. The number of hydrogen-bond acceptors (Lipinski definition) is 4. The lowest BCUT2D eigenvalue weighted by atomic mass is 9.76. The Kier molecular flexibility index (Phi) is 2.53. The van der Waals surface area contributed by atoms with E-state index < -0.39 is 0 Å². The second-order valence-corrected chi connectivity index (χ2v) is 4.92. The van der Waals surface area contributed by atoms with Crippen LogP contribution in [0.5, 0.6) is 0 Å². The van der Waals surface area contributed by atoms with E-state index in [1.54, 1.807) is 7.05 Å². The van der Waals surface area contributed by atoms with E-state index in [1.807, 2.05) is 18.2 Å². The second-order valence-electron chi connectivity index (χ2n) is 4.92. The standard InChI is InChI=1S/C13H16N2O3/c1-15-10-6-9(2-3-11(10)18-12(15)16)13(4-5-14)7-17-8-13/h2-3,6H,4-5,7-8,14H2,1H3. The lowest BCUT2D eigenvalue weighted by Gasteiger charge is -2.42. The number of ether oxygens (including phenoxy) is 1. The molecule has 1 saturated heterocycles. The van der Waals surface area contributed by atoms with E-state index in [4.69, 9.17) is 14.9 Å². The zero-order valence-corrected chi connectivity index (χ0v) is 10.3. The average Bonchev–Trinajstić information content (AvgIpc) is 2.60. The molecule has 2 N–H and O–H groups in total. The fourth-order valence-electron chi connectivity index (χ4n) is 2.54. The average molecular weight is 248 g/mol. The number of fused-ring (bicyclic) bond motifs is 1. The van der Waals surface area contributed by atoms with Crippen LogP contribution in [-0.2, 0) is 17.2 Å². The summed E-state index contributed by atoms with van der Waals surface area (Å²) in [6.07, 6.45) is 0.893. The molecule has 1 aromatic heterocycles. The summed E-state index contributed by atoms with van der Waals surface area (Å²) in [4.78, 5) is 11.5. The van der Waals surface area contributed by atoms with Crippen molar-refractivity contribution in [3.8, 4) is 0 Å². The summed E-state index contributed by atoms with van der Waals surface area (Å²) < 4.78 is 12.0. The number of hydrogen-bond donors (Lipinski definition) is 1. The van der Waals surface area contributed by atoms with Gasteiger partial charge in [-0.25, -0.2) is 4.79 Å². The minimum atomic E-state index is -0.333. The van der Waals surface area contributed by atoms with Gasteiger partial charge in [-0.1, -0.05) is 6.07 Å². The van der Waals surface area contributed by atoms with Gasteiger partial charge in [0, 0.05) is 12.5 Å². The molecule has 0 saturated carbocycles. The van der Waals surface area contributed by atoms with E-state index in [0.29, 0.717) is 25.3 Å². The van der Waals surface area contributed by atoms with Gasteiger partial charge in [0.1, 0.15) is 0 Å². The van der Waals surface area contributed by atoms with Gasteiger partial charge in [-0.15, -0.1) is 0 Å². The number of aryl methyl sites for hydroxylation is 1. The first-order chi connectivity index (χ1) is 8.66. The molecular formula is C13H16N2O3. The molecule has 0 atom stereocenters. The summed E-state index contributed by atoms with van der Waals surface area (Å²) >= 11 is 0. The summed E-state index contributed by atoms with van der Waals surface area (Å²) in [5.74, 6) is -0.333. The van der Waals surface area contributed by atoms with Crippen LogP contribution in [0, 0.1) is 0 Å². The second kappa shape index (κ2) is 3.96. The number of nitrogens with zero attached hydrogens (tertiary/aromatic N) is 1. The molecule has 1 fully saturated rings. The molecule has 0 unspecified atom stereocenters. The maximum Gasteiger partial charge on any atom is 0.419 e. The van der Waals surface area contributed by atoms with Gasteiger partial charge in [-0.05, 0) is 30.7 Å². The highest BCUT2D eigenvalue weighted by atomic mass is 16.5. The fraction of sp³-hybridized carbons (Fsp3) is 0.462. The Morgan fingerprint density at radius 3 is 2.83 bits per heavy atom. The minimum Gasteiger partial charge on any atom is -0.408 e. The van der Waals surface area contributed by atoms with E-state index in [1.165, 1.54) is 10.1 Å². The maximum atomic E-state index is 11.5. The Morgan fingerprint density at radius 1 is 1.44 bits per heavy atom. The highest BCUT2D eigenvalue weighted by Gasteiger charge is 2.39. The van der Waals surface area contributed by atoms with Crippen LogP contribution in [0.1, 0.15) is 12.0 Å². The van der Waals surface area contributed by atoms with Crippen molar-refractivity contribution in [1.29, 1.82) is 0 Å². The van der Waals surface area contributed by atoms with Crippen LogP contribution >= 0.6 is 0 Å². The summed E-state index contributed by atoms with van der Waals surface area (Å²) in [5, 5.41) is 0. The van der Waals surface area contributed by atoms with Crippen molar-refractivity contribution >= 4 is 11.1 Å². The van der Waals surface area contributed by atoms with Crippen LogP contribution in [0.15, 0.2) is 27.4 Å². The van der Waals surface area contributed by atoms with Crippen LogP contribution in [0.3, 0.4) is 0 Å². The molecular weight excluding hydrogens is 232 g/mol. The van der Waals surface area contributed by atoms with Crippen molar-refractivity contribution in [2.75, 3.05) is 19.8 Å². The van der Waals surface area contributed by atoms with Crippen molar-refractivity contribution in [2.45, 2.75) is 11.8 Å². The third kappa shape index (κ3) is 1.51. The Morgan fingerprint density at radius 2 is 2.22 bits per heavy atom. The Hall–Kier alpha value is -1.59. The predicted octanol–water partition coefficient (Wildman–Crippen LogP) is 0.748. The molecule has 0 bridgehead atoms. The Labute approximate surface area is 104 Å². The van der Waals surface area contributed by atoms with Crippen molar-refractivity contribution in [3.63, 3.8) is 0 Å². The van der Waals surface area contributed by atoms with Crippen LogP contribution in [0.25, 0.3) is 11.1 Å². The zero-order chi connectivity index (χ0) is 12.8. The van der Waals surface area contributed by atoms with Gasteiger partial charge in [-0.2, -0.15) is 0 Å². The van der Waals surface area contributed by atoms with Crippen molar-refractivity contribution in [2.24, 2.45) is 12.8 Å². The van der Waals surface area contributed by atoms with Gasteiger partial charge in [0.25, 0.3) is 0 Å². The molecule has 1 aliphatic rings. The lowest BCUT2D eigenvalue weighted by molar-refractivity contribution is -0.0630. The number of rotatable bonds is 3. The highest BCUT2D eigenvalue weighted by molar-refractivity contribution is 5.74. The maximum absolute atomic E-state index is 11.5. The van der Waals surface area contributed by atoms with E-state index in [0.717, 1.165) is 11.9 Å². The van der Waals surface area contributed by atoms with E-state index in [-0.39, 0.29) is 11.2 Å². The quantitative estimate of drug-likeness (QED) is 0.870. The first-order valence-corrected chi connectivity index (χ1v) is 6.04. The molecule has 18 heavy (non-hydrogen) atoms. The van der Waals surface area contributed by atoms with Crippen LogP contribution < -0.4 is 11.5 Å². The summed E-state index contributed by atoms with van der Waals surface area (Å²) in [6, 6.07) is 5.87. The highest BCUT2D eigenvalue weighted by Crippen LogP contribution is 2.36. The van der Waals surface area contributed by atoms with E-state index in [2.05, 4.69) is 0 Å². The molecule has 0 radical (unpaired) electrons. The summed E-state index contributed by atoms with van der Waals surface area (Å²) in [7, 11) is 1.71. The molecule has 0 amide bonds. The number of oxazole rings is 1. The number of nitrogens with two attached hydrogens (primary N) is 1. The van der Waals surface area contributed by atoms with Crippen molar-refractivity contribution in [3.05, 3.63) is 34.3 Å². The molecule has 2 heterocycles. The van der Waals surface area contributed by atoms with Gasteiger partial charge in [0.2, 0.25) is 0 Å². The summed E-state index contributed by atoms with van der Waals surface area (Å²) in [6.45, 7) is 2.02. The van der Waals surface area contributed by atoms with Crippen LogP contribution in [0.4, 0.5) is 0 Å². The van der Waals surface area contributed by atoms with E-state index >= 15 is 0 Å². The monoisotopic (exact) mass is 248 g/mol. The summed E-state index contributed by atoms with van der Waals surface area (Å²) in [5.41, 5.74) is 8.30. The van der Waals surface area contributed by atoms with Gasteiger partial charge in [0.15, 0.2) is 5.58 Å². The third-order valence-electron chi connectivity index (χ3n) is 3.78. The van der Waals surface area contributed by atoms with Gasteiger partial charge < -0.3 is 14.9 Å². The normalized spacial score (nSPS) is 17.9. The number of aromatic nitrogens is 1. The topological polar surface area (TPSA) is 70.4 Å². The number of benzene rings is 1. The first-order valence-electron chi connectivity index (χ1n) is 6.04. The minimum absolute atomic E-state index is 0.0102. The SMILES string of the molecule is Cn1c(=O)oc2ccc(C3(CCN)COC3)cc21. The van der Waals surface area contributed by atoms with E-state index in [9.17, 15) is 4.79 Å². The van der Waals surface area contributed by atoms with Gasteiger partial charge >= 0.3 is 5.76 Å². The van der Waals surface area contributed by atoms with Crippen LogP contribution in [0.2, 0.25) is 0 Å². The predicted molar refractivity (Wildman–Crippen MR) is 67.6 cm³/mol. The molecule has 2 aromatic rings. The largest absolute Gasteiger partial charge is 0.419 e. The smallest absolute Gasteiger partial charge is 0.408 e. The van der Waals surface area contributed by atoms with Gasteiger partial charge in [-0.3, -0.25) is 4.57 Å². The van der Waals surface area contributed by atoms with Crippen molar-refractivity contribution in [1.82, 2.24) is 4.57 Å². The zero-order valence-electron chi connectivity index (χ0n) is 10.3. The molecule has 0 spiro atoms. The molecule has 0 aliphatic carbocycles. The molecule has 3 rings (SSSR count). The fourth-order valence-corrected chi connectivity index (χ4v) is 2.54. The Bertz CT molecular complexity index is 637. The third-order valence-corrected chi connectivity index (χ3v) is 3.78. The lowest BCUT2D eigenvalue weighted by Crippen LogP contribution is -2.48. The molecule has 1 aromatic carbocycles. The van der Waals surface area contributed by atoms with Crippen LogP contribution in [-0.4, -0.2) is 24.3 Å². The Balaban J connectivity index is 2.12. The molecule has 1 aliphatic heterocycles. The van der Waals surface area contributed by atoms with Crippen molar-refractivity contribution < 1.29 is 9.15 Å². The molecule has 5 heteroatoms. The van der Waals surface area contributed by atoms with Gasteiger partial charge in [0.05, 0.1) is 18.7 Å².